The number of nitrogens with zero attached hydrogens (tertiary/aromatic N) is 1. The lowest BCUT2D eigenvalue weighted by Crippen LogP contribution is -2.11. The summed E-state index contributed by atoms with van der Waals surface area (Å²) in [6.45, 7) is 0. The fourth-order valence-corrected chi connectivity index (χ4v) is 2.62. The van der Waals surface area contributed by atoms with E-state index in [0.29, 0.717) is 5.56 Å². The van der Waals surface area contributed by atoms with Crippen LogP contribution in [0.25, 0.3) is 0 Å². The van der Waals surface area contributed by atoms with Gasteiger partial charge in [-0.05, 0) is 30.3 Å². The molecule has 0 aliphatic heterocycles. The van der Waals surface area contributed by atoms with Crippen molar-refractivity contribution >= 4 is 43.5 Å². The van der Waals surface area contributed by atoms with Crippen LogP contribution in [0.1, 0.15) is 10.4 Å². The minimum atomic E-state index is -0.154. The summed E-state index contributed by atoms with van der Waals surface area (Å²) >= 11 is 6.69. The number of benzene rings is 1. The normalized spacial score (nSPS) is 10.0. The summed E-state index contributed by atoms with van der Waals surface area (Å²) in [6.07, 6.45) is 3.26. The van der Waals surface area contributed by atoms with Crippen LogP contribution in [0.15, 0.2) is 51.7 Å². The fourth-order valence-electron chi connectivity index (χ4n) is 1.32. The Morgan fingerprint density at radius 3 is 2.24 bits per heavy atom. The van der Waals surface area contributed by atoms with Crippen LogP contribution in [0.2, 0.25) is 0 Å². The van der Waals surface area contributed by atoms with E-state index in [0.717, 1.165) is 14.6 Å². The zero-order valence-electron chi connectivity index (χ0n) is 8.65. The molecule has 0 atom stereocenters. The molecular weight excluding hydrogens is 348 g/mol. The minimum Gasteiger partial charge on any atom is -0.322 e. The largest absolute Gasteiger partial charge is 0.322 e. The van der Waals surface area contributed by atoms with Crippen molar-refractivity contribution in [1.82, 2.24) is 4.98 Å². The molecule has 1 aromatic carbocycles. The van der Waals surface area contributed by atoms with Crippen LogP contribution in [0.4, 0.5) is 5.69 Å². The Labute approximate surface area is 116 Å². The van der Waals surface area contributed by atoms with Crippen molar-refractivity contribution in [3.05, 3.63) is 57.2 Å². The molecule has 0 fully saturated rings. The maximum atomic E-state index is 11.9. The molecule has 3 nitrogen and oxygen atoms in total. The smallest absolute Gasteiger partial charge is 0.255 e. The SMILES string of the molecule is O=C(Nc1ccncc1)c1cc(Br)cc(Br)c1. The van der Waals surface area contributed by atoms with Gasteiger partial charge in [0, 0.05) is 32.6 Å². The van der Waals surface area contributed by atoms with Crippen molar-refractivity contribution in [2.75, 3.05) is 5.32 Å². The average molecular weight is 356 g/mol. The highest BCUT2D eigenvalue weighted by molar-refractivity contribution is 9.11. The van der Waals surface area contributed by atoms with Gasteiger partial charge in [-0.25, -0.2) is 0 Å². The van der Waals surface area contributed by atoms with Crippen molar-refractivity contribution < 1.29 is 4.79 Å². The lowest BCUT2D eigenvalue weighted by molar-refractivity contribution is 0.102. The second-order valence-corrected chi connectivity index (χ2v) is 5.18. The quantitative estimate of drug-likeness (QED) is 0.888. The number of hydrogen-bond acceptors (Lipinski definition) is 2. The molecule has 0 saturated heterocycles. The molecule has 0 radical (unpaired) electrons. The monoisotopic (exact) mass is 354 g/mol. The number of rotatable bonds is 2. The van der Waals surface area contributed by atoms with Gasteiger partial charge in [-0.2, -0.15) is 0 Å². The summed E-state index contributed by atoms with van der Waals surface area (Å²) in [4.78, 5) is 15.8. The molecule has 1 heterocycles. The van der Waals surface area contributed by atoms with Crippen molar-refractivity contribution in [2.24, 2.45) is 0 Å². The van der Waals surface area contributed by atoms with E-state index in [1.165, 1.54) is 0 Å². The van der Waals surface area contributed by atoms with Gasteiger partial charge in [0.05, 0.1) is 0 Å². The standard InChI is InChI=1S/C12H8Br2N2O/c13-9-5-8(6-10(14)7-9)12(17)16-11-1-3-15-4-2-11/h1-7H,(H,15,16,17). The lowest BCUT2D eigenvalue weighted by Gasteiger charge is -2.05. The number of carbonyl (C=O) groups is 1. The van der Waals surface area contributed by atoms with Crippen LogP contribution >= 0.6 is 31.9 Å². The molecule has 1 N–H and O–H groups in total. The van der Waals surface area contributed by atoms with E-state index in [2.05, 4.69) is 42.2 Å². The number of carbonyl (C=O) groups excluding carboxylic acids is 1. The van der Waals surface area contributed by atoms with Crippen LogP contribution in [0.3, 0.4) is 0 Å². The molecule has 2 rings (SSSR count). The lowest BCUT2D eigenvalue weighted by atomic mass is 10.2. The van der Waals surface area contributed by atoms with Crippen molar-refractivity contribution in [2.45, 2.75) is 0 Å². The first kappa shape index (κ1) is 12.3. The van der Waals surface area contributed by atoms with Gasteiger partial charge < -0.3 is 5.32 Å². The van der Waals surface area contributed by atoms with E-state index in [4.69, 9.17) is 0 Å². The molecule has 2 aromatic rings. The predicted octanol–water partition coefficient (Wildman–Crippen LogP) is 3.86. The minimum absolute atomic E-state index is 0.154. The van der Waals surface area contributed by atoms with Gasteiger partial charge in [-0.1, -0.05) is 31.9 Å². The second-order valence-electron chi connectivity index (χ2n) is 3.35. The molecule has 0 spiro atoms. The van der Waals surface area contributed by atoms with Gasteiger partial charge >= 0.3 is 0 Å². The van der Waals surface area contributed by atoms with E-state index >= 15 is 0 Å². The van der Waals surface area contributed by atoms with Gasteiger partial charge in [0.1, 0.15) is 0 Å². The number of anilines is 1. The van der Waals surface area contributed by atoms with Crippen LogP contribution < -0.4 is 5.32 Å². The van der Waals surface area contributed by atoms with E-state index in [1.54, 1.807) is 36.7 Å². The van der Waals surface area contributed by atoms with Gasteiger partial charge in [-0.3, -0.25) is 9.78 Å². The van der Waals surface area contributed by atoms with E-state index in [-0.39, 0.29) is 5.91 Å². The number of pyridine rings is 1. The molecule has 0 aliphatic rings. The first-order valence-electron chi connectivity index (χ1n) is 4.82. The zero-order valence-corrected chi connectivity index (χ0v) is 11.8. The van der Waals surface area contributed by atoms with Gasteiger partial charge in [0.15, 0.2) is 0 Å². The van der Waals surface area contributed by atoms with Crippen molar-refractivity contribution in [3.63, 3.8) is 0 Å². The Hall–Kier alpha value is -1.20. The number of nitrogens with one attached hydrogen (secondary N) is 1. The Kier molecular flexibility index (Phi) is 3.91. The zero-order chi connectivity index (χ0) is 12.3. The molecule has 0 aliphatic carbocycles. The van der Waals surface area contributed by atoms with E-state index < -0.39 is 0 Å². The highest BCUT2D eigenvalue weighted by atomic mass is 79.9. The van der Waals surface area contributed by atoms with E-state index in [9.17, 15) is 4.79 Å². The molecule has 1 aromatic heterocycles. The summed E-state index contributed by atoms with van der Waals surface area (Å²) < 4.78 is 1.71. The second kappa shape index (κ2) is 5.42. The van der Waals surface area contributed by atoms with Crippen LogP contribution in [0, 0.1) is 0 Å². The predicted molar refractivity (Wildman–Crippen MR) is 74.0 cm³/mol. The van der Waals surface area contributed by atoms with Crippen LogP contribution in [-0.2, 0) is 0 Å². The molecule has 1 amide bonds. The summed E-state index contributed by atoms with van der Waals surface area (Å²) in [5, 5.41) is 2.79. The Morgan fingerprint density at radius 1 is 1.06 bits per heavy atom. The van der Waals surface area contributed by atoms with Gasteiger partial charge in [-0.15, -0.1) is 0 Å². The Morgan fingerprint density at radius 2 is 1.65 bits per heavy atom. The molecule has 0 bridgehead atoms. The summed E-state index contributed by atoms with van der Waals surface area (Å²) in [5.41, 5.74) is 1.31. The maximum absolute atomic E-state index is 11.9. The van der Waals surface area contributed by atoms with Crippen molar-refractivity contribution in [3.8, 4) is 0 Å². The number of amides is 1. The molecule has 0 unspecified atom stereocenters. The van der Waals surface area contributed by atoms with Crippen LogP contribution in [0.5, 0.6) is 0 Å². The summed E-state index contributed by atoms with van der Waals surface area (Å²) in [6, 6.07) is 8.89. The Balaban J connectivity index is 2.20. The third-order valence-corrected chi connectivity index (χ3v) is 2.98. The number of halogens is 2. The first-order chi connectivity index (χ1) is 8.15. The number of hydrogen-bond donors (Lipinski definition) is 1. The summed E-state index contributed by atoms with van der Waals surface area (Å²) in [7, 11) is 0. The highest BCUT2D eigenvalue weighted by Gasteiger charge is 2.07. The van der Waals surface area contributed by atoms with Gasteiger partial charge in [0.2, 0.25) is 0 Å². The van der Waals surface area contributed by atoms with E-state index in [1.807, 2.05) is 6.07 Å². The topological polar surface area (TPSA) is 42.0 Å². The Bertz CT molecular complexity index is 523. The molecule has 0 saturated carbocycles. The molecule has 5 heteroatoms. The van der Waals surface area contributed by atoms with Gasteiger partial charge in [0.25, 0.3) is 5.91 Å². The third-order valence-electron chi connectivity index (χ3n) is 2.06. The molecule has 86 valence electrons. The third kappa shape index (κ3) is 3.38. The van der Waals surface area contributed by atoms with Crippen LogP contribution in [-0.4, -0.2) is 10.9 Å². The number of aromatic nitrogens is 1. The average Bonchev–Trinajstić information content (AvgIpc) is 2.29. The summed E-state index contributed by atoms with van der Waals surface area (Å²) in [5.74, 6) is -0.154. The first-order valence-corrected chi connectivity index (χ1v) is 6.41. The fraction of sp³-hybridized carbons (Fsp3) is 0. The molecular formula is C12H8Br2N2O. The van der Waals surface area contributed by atoms with Crippen molar-refractivity contribution in [1.29, 1.82) is 0 Å². The molecule has 17 heavy (non-hydrogen) atoms. The highest BCUT2D eigenvalue weighted by Crippen LogP contribution is 2.20. The maximum Gasteiger partial charge on any atom is 0.255 e.